The van der Waals surface area contributed by atoms with E-state index in [9.17, 15) is 9.59 Å². The van der Waals surface area contributed by atoms with Gasteiger partial charge in [0.2, 0.25) is 5.91 Å². The van der Waals surface area contributed by atoms with Gasteiger partial charge in [-0.25, -0.2) is 4.79 Å². The normalized spacial score (nSPS) is 19.6. The van der Waals surface area contributed by atoms with E-state index in [2.05, 4.69) is 22.5 Å². The van der Waals surface area contributed by atoms with Gasteiger partial charge in [-0.15, -0.1) is 11.3 Å². The molecule has 0 spiro atoms. The number of nitrogens with one attached hydrogen (secondary N) is 2. The van der Waals surface area contributed by atoms with Crippen molar-refractivity contribution in [2.45, 2.75) is 39.5 Å². The molecule has 8 heteroatoms. The lowest BCUT2D eigenvalue weighted by Crippen LogP contribution is -2.38. The number of morpholine rings is 1. The van der Waals surface area contributed by atoms with Crippen LogP contribution in [0.3, 0.4) is 0 Å². The molecule has 162 valence electrons. The summed E-state index contributed by atoms with van der Waals surface area (Å²) in [7, 11) is 0. The first kappa shape index (κ1) is 22.2. The molecule has 0 saturated carbocycles. The Kier molecular flexibility index (Phi) is 8.47. The molecular formula is C21H33N3O4S. The number of fused-ring (bicyclic) bond motifs is 1. The highest BCUT2D eigenvalue weighted by molar-refractivity contribution is 7.17. The highest BCUT2D eigenvalue weighted by atomic mass is 32.1. The van der Waals surface area contributed by atoms with E-state index in [4.69, 9.17) is 9.47 Å². The van der Waals surface area contributed by atoms with Crippen molar-refractivity contribution in [2.75, 3.05) is 57.9 Å². The summed E-state index contributed by atoms with van der Waals surface area (Å²) in [5, 5.41) is 6.80. The third-order valence-electron chi connectivity index (χ3n) is 5.46. The summed E-state index contributed by atoms with van der Waals surface area (Å²) in [6, 6.07) is 0. The molecule has 2 aliphatic rings. The van der Waals surface area contributed by atoms with Gasteiger partial charge in [0.1, 0.15) is 5.00 Å². The molecule has 7 nitrogen and oxygen atoms in total. The topological polar surface area (TPSA) is 79.9 Å². The molecule has 1 saturated heterocycles. The van der Waals surface area contributed by atoms with Crippen LogP contribution in [0.2, 0.25) is 0 Å². The van der Waals surface area contributed by atoms with Gasteiger partial charge in [-0.2, -0.15) is 0 Å². The van der Waals surface area contributed by atoms with Gasteiger partial charge < -0.3 is 20.1 Å². The number of thiophene rings is 1. The highest BCUT2D eigenvalue weighted by Gasteiger charge is 2.29. The first-order chi connectivity index (χ1) is 14.1. The van der Waals surface area contributed by atoms with Crippen LogP contribution in [-0.2, 0) is 27.1 Å². The predicted octanol–water partition coefficient (Wildman–Crippen LogP) is 2.30. The van der Waals surface area contributed by atoms with Gasteiger partial charge >= 0.3 is 5.97 Å². The van der Waals surface area contributed by atoms with E-state index in [1.165, 1.54) is 16.2 Å². The molecule has 29 heavy (non-hydrogen) atoms. The third-order valence-corrected chi connectivity index (χ3v) is 6.63. The van der Waals surface area contributed by atoms with Gasteiger partial charge in [-0.1, -0.05) is 6.92 Å². The fraction of sp³-hybridized carbons (Fsp3) is 0.714. The summed E-state index contributed by atoms with van der Waals surface area (Å²) < 4.78 is 10.6. The Morgan fingerprint density at radius 2 is 2.10 bits per heavy atom. The molecule has 2 N–H and O–H groups in total. The first-order valence-electron chi connectivity index (χ1n) is 10.7. The van der Waals surface area contributed by atoms with E-state index in [0.717, 1.165) is 70.6 Å². The summed E-state index contributed by atoms with van der Waals surface area (Å²) in [6.07, 6.45) is 3.89. The summed E-state index contributed by atoms with van der Waals surface area (Å²) in [4.78, 5) is 28.5. The van der Waals surface area contributed by atoms with Crippen molar-refractivity contribution in [3.63, 3.8) is 0 Å². The number of carbonyl (C=O) groups excluding carboxylic acids is 2. The number of carbonyl (C=O) groups is 2. The van der Waals surface area contributed by atoms with Crippen molar-refractivity contribution in [3.8, 4) is 0 Å². The minimum absolute atomic E-state index is 0.117. The predicted molar refractivity (Wildman–Crippen MR) is 115 cm³/mol. The Balaban J connectivity index is 1.50. The first-order valence-corrected chi connectivity index (χ1v) is 11.5. The zero-order valence-electron chi connectivity index (χ0n) is 17.6. The SMILES string of the molecule is CCOC(=O)c1c(NC(=O)CNCCCN2CCOCC2)sc2c1CC[C@H](C)C2. The van der Waals surface area contributed by atoms with Crippen LogP contribution in [0.4, 0.5) is 5.00 Å². The molecule has 1 aromatic rings. The number of hydrogen-bond acceptors (Lipinski definition) is 7. The summed E-state index contributed by atoms with van der Waals surface area (Å²) in [5.41, 5.74) is 1.64. The largest absolute Gasteiger partial charge is 0.462 e. The van der Waals surface area contributed by atoms with Gasteiger partial charge in [0.05, 0.1) is 31.9 Å². The number of esters is 1. The quantitative estimate of drug-likeness (QED) is 0.469. The van der Waals surface area contributed by atoms with Crippen molar-refractivity contribution >= 4 is 28.2 Å². The fourth-order valence-electron chi connectivity index (χ4n) is 3.88. The number of ether oxygens (including phenoxy) is 2. The van der Waals surface area contributed by atoms with Crippen molar-refractivity contribution in [2.24, 2.45) is 5.92 Å². The molecule has 0 unspecified atom stereocenters. The minimum atomic E-state index is -0.326. The van der Waals surface area contributed by atoms with Crippen molar-refractivity contribution in [1.29, 1.82) is 0 Å². The van der Waals surface area contributed by atoms with Crippen molar-refractivity contribution in [1.82, 2.24) is 10.2 Å². The molecule has 1 fully saturated rings. The minimum Gasteiger partial charge on any atom is -0.462 e. The Labute approximate surface area is 177 Å². The smallest absolute Gasteiger partial charge is 0.341 e. The second kappa shape index (κ2) is 11.1. The van der Waals surface area contributed by atoms with Gasteiger partial charge in [-0.3, -0.25) is 9.69 Å². The molecule has 1 atom stereocenters. The molecule has 1 aliphatic heterocycles. The lowest BCUT2D eigenvalue weighted by Gasteiger charge is -2.26. The van der Waals surface area contributed by atoms with Crippen LogP contribution in [0.25, 0.3) is 0 Å². The maximum absolute atomic E-state index is 12.5. The summed E-state index contributed by atoms with van der Waals surface area (Å²) in [5.74, 6) is 0.162. The lowest BCUT2D eigenvalue weighted by atomic mass is 9.88. The lowest BCUT2D eigenvalue weighted by molar-refractivity contribution is -0.115. The molecule has 1 aromatic heterocycles. The number of nitrogens with zero attached hydrogens (tertiary/aromatic N) is 1. The van der Waals surface area contributed by atoms with Crippen LogP contribution in [0.1, 0.15) is 47.5 Å². The van der Waals surface area contributed by atoms with Gasteiger partial charge in [0.25, 0.3) is 0 Å². The van der Waals surface area contributed by atoms with Crippen LogP contribution >= 0.6 is 11.3 Å². The number of amides is 1. The standard InChI is InChI=1S/C21H33N3O4S/c1-3-28-21(26)19-16-6-5-15(2)13-17(16)29-20(19)23-18(25)14-22-7-4-8-24-9-11-27-12-10-24/h15,22H,3-14H2,1-2H3,(H,23,25)/t15-/m0/s1. The molecule has 0 bridgehead atoms. The van der Waals surface area contributed by atoms with Crippen LogP contribution in [0.5, 0.6) is 0 Å². The molecule has 1 amide bonds. The van der Waals surface area contributed by atoms with Crippen molar-refractivity contribution < 1.29 is 19.1 Å². The highest BCUT2D eigenvalue weighted by Crippen LogP contribution is 2.40. The van der Waals surface area contributed by atoms with Crippen LogP contribution in [-0.4, -0.2) is 69.3 Å². The molecule has 1 aliphatic carbocycles. The molecular weight excluding hydrogens is 390 g/mol. The summed E-state index contributed by atoms with van der Waals surface area (Å²) >= 11 is 1.53. The summed E-state index contributed by atoms with van der Waals surface area (Å²) in [6.45, 7) is 9.99. The fourth-order valence-corrected chi connectivity index (χ4v) is 5.30. The van der Waals surface area contributed by atoms with E-state index in [1.807, 2.05) is 0 Å². The number of rotatable bonds is 9. The monoisotopic (exact) mass is 423 g/mol. The van der Waals surface area contributed by atoms with E-state index >= 15 is 0 Å². The van der Waals surface area contributed by atoms with E-state index in [1.54, 1.807) is 6.92 Å². The van der Waals surface area contributed by atoms with E-state index in [0.29, 0.717) is 23.1 Å². The molecule has 0 aromatic carbocycles. The van der Waals surface area contributed by atoms with Crippen LogP contribution in [0, 0.1) is 5.92 Å². The number of anilines is 1. The Morgan fingerprint density at radius 3 is 2.86 bits per heavy atom. The van der Waals surface area contributed by atoms with E-state index < -0.39 is 0 Å². The molecule has 2 heterocycles. The Hall–Kier alpha value is -1.48. The second-order valence-corrected chi connectivity index (χ2v) is 8.91. The zero-order chi connectivity index (χ0) is 20.6. The number of hydrogen-bond donors (Lipinski definition) is 2. The maximum atomic E-state index is 12.5. The molecule has 3 rings (SSSR count). The average molecular weight is 424 g/mol. The second-order valence-electron chi connectivity index (χ2n) is 7.81. The van der Waals surface area contributed by atoms with Crippen molar-refractivity contribution in [3.05, 3.63) is 16.0 Å². The van der Waals surface area contributed by atoms with Gasteiger partial charge in [-0.05, 0) is 57.2 Å². The van der Waals surface area contributed by atoms with Crippen LogP contribution in [0.15, 0.2) is 0 Å². The van der Waals surface area contributed by atoms with E-state index in [-0.39, 0.29) is 18.4 Å². The average Bonchev–Trinajstić information content (AvgIpc) is 3.05. The maximum Gasteiger partial charge on any atom is 0.341 e. The Bertz CT molecular complexity index is 700. The van der Waals surface area contributed by atoms with Crippen LogP contribution < -0.4 is 10.6 Å². The third kappa shape index (κ3) is 6.25. The van der Waals surface area contributed by atoms with Gasteiger partial charge in [0.15, 0.2) is 0 Å². The Morgan fingerprint density at radius 1 is 1.31 bits per heavy atom. The van der Waals surface area contributed by atoms with Gasteiger partial charge in [0, 0.05) is 18.0 Å². The molecule has 0 radical (unpaired) electrons. The zero-order valence-corrected chi connectivity index (χ0v) is 18.4.